The number of carboxylic acid groups (broad SMARTS) is 1. The Morgan fingerprint density at radius 2 is 2.12 bits per heavy atom. The maximum Gasteiger partial charge on any atom is 0.322 e. The van der Waals surface area contributed by atoms with E-state index in [1.807, 2.05) is 0 Å². The molecule has 0 aliphatic carbocycles. The summed E-state index contributed by atoms with van der Waals surface area (Å²) in [4.78, 5) is 23.7. The summed E-state index contributed by atoms with van der Waals surface area (Å²) in [6.45, 7) is 2.19. The van der Waals surface area contributed by atoms with E-state index in [0.29, 0.717) is 26.2 Å². The summed E-state index contributed by atoms with van der Waals surface area (Å²) in [5.74, 6) is -1.42. The van der Waals surface area contributed by atoms with Gasteiger partial charge in [0.1, 0.15) is 18.2 Å². The Balaban J connectivity index is 2.57. The minimum absolute atomic E-state index is 0.0758. The van der Waals surface area contributed by atoms with Gasteiger partial charge in [-0.1, -0.05) is 0 Å². The van der Waals surface area contributed by atoms with Gasteiger partial charge in [-0.3, -0.25) is 9.59 Å². The van der Waals surface area contributed by atoms with E-state index in [1.165, 1.54) is 0 Å². The van der Waals surface area contributed by atoms with Gasteiger partial charge in [-0.2, -0.15) is 5.26 Å². The van der Waals surface area contributed by atoms with Gasteiger partial charge in [0, 0.05) is 32.4 Å². The Labute approximate surface area is 98.7 Å². The van der Waals surface area contributed by atoms with Crippen molar-refractivity contribution in [1.29, 1.82) is 5.26 Å². The van der Waals surface area contributed by atoms with Crippen LogP contribution in [0, 0.1) is 11.3 Å². The fourth-order valence-electron chi connectivity index (χ4n) is 1.42. The highest BCUT2D eigenvalue weighted by Gasteiger charge is 2.19. The molecule has 7 nitrogen and oxygen atoms in total. The highest BCUT2D eigenvalue weighted by atomic mass is 16.4. The van der Waals surface area contributed by atoms with Crippen LogP contribution in [0.1, 0.15) is 0 Å². The maximum atomic E-state index is 11.8. The largest absolute Gasteiger partial charge is 0.480 e. The van der Waals surface area contributed by atoms with Gasteiger partial charge in [0.05, 0.1) is 0 Å². The number of piperazine rings is 1. The Morgan fingerprint density at radius 3 is 2.65 bits per heavy atom. The monoisotopic (exact) mass is 238 g/mol. The van der Waals surface area contributed by atoms with Crippen LogP contribution in [0.2, 0.25) is 0 Å². The summed E-state index contributed by atoms with van der Waals surface area (Å²) < 4.78 is 0. The van der Waals surface area contributed by atoms with Crippen molar-refractivity contribution in [3.05, 3.63) is 11.8 Å². The van der Waals surface area contributed by atoms with E-state index < -0.39 is 5.97 Å². The summed E-state index contributed by atoms with van der Waals surface area (Å²) in [6.07, 6.45) is 1.15. The highest BCUT2D eigenvalue weighted by molar-refractivity contribution is 5.97. The molecule has 92 valence electrons. The standard InChI is InChI=1S/C10H14N4O3/c11-5-8(6-13-7-9(15)16)10(17)14-3-1-12-2-4-14/h6,12-13H,1-4,7H2,(H,15,16)/b8-6-. The molecule has 0 spiro atoms. The van der Waals surface area contributed by atoms with Crippen molar-refractivity contribution in [2.75, 3.05) is 32.7 Å². The lowest BCUT2D eigenvalue weighted by Gasteiger charge is -2.27. The molecule has 1 amide bonds. The fraction of sp³-hybridized carbons (Fsp3) is 0.500. The van der Waals surface area contributed by atoms with Gasteiger partial charge in [-0.25, -0.2) is 0 Å². The number of rotatable bonds is 4. The SMILES string of the molecule is N#C/C(=C/NCC(=O)O)C(=O)N1CCNCC1. The molecule has 17 heavy (non-hydrogen) atoms. The van der Waals surface area contributed by atoms with E-state index in [2.05, 4.69) is 10.6 Å². The van der Waals surface area contributed by atoms with Crippen molar-refractivity contribution in [3.63, 3.8) is 0 Å². The fourth-order valence-corrected chi connectivity index (χ4v) is 1.42. The van der Waals surface area contributed by atoms with Gasteiger partial charge in [0.15, 0.2) is 0 Å². The van der Waals surface area contributed by atoms with E-state index >= 15 is 0 Å². The molecule has 1 fully saturated rings. The third-order valence-corrected chi connectivity index (χ3v) is 2.25. The van der Waals surface area contributed by atoms with Crippen LogP contribution in [0.25, 0.3) is 0 Å². The molecule has 1 saturated heterocycles. The van der Waals surface area contributed by atoms with Crippen LogP contribution in [0.4, 0.5) is 0 Å². The third kappa shape index (κ3) is 4.12. The molecule has 1 aliphatic rings. The lowest BCUT2D eigenvalue weighted by atomic mass is 10.2. The van der Waals surface area contributed by atoms with Crippen LogP contribution < -0.4 is 10.6 Å². The number of amides is 1. The smallest absolute Gasteiger partial charge is 0.322 e. The Morgan fingerprint density at radius 1 is 1.47 bits per heavy atom. The topological polar surface area (TPSA) is 105 Å². The summed E-state index contributed by atoms with van der Waals surface area (Å²) in [7, 11) is 0. The molecule has 1 rings (SSSR count). The van der Waals surface area contributed by atoms with Crippen LogP contribution in [-0.4, -0.2) is 54.6 Å². The van der Waals surface area contributed by atoms with Gasteiger partial charge in [-0.05, 0) is 0 Å². The Bertz CT molecular complexity index is 366. The first-order chi connectivity index (χ1) is 8.15. The number of nitrogens with zero attached hydrogens (tertiary/aromatic N) is 2. The molecule has 0 aromatic carbocycles. The normalized spacial score (nSPS) is 16.2. The number of carboxylic acids is 1. The number of nitriles is 1. The van der Waals surface area contributed by atoms with Crippen molar-refractivity contribution in [2.45, 2.75) is 0 Å². The van der Waals surface area contributed by atoms with Gasteiger partial charge in [0.2, 0.25) is 0 Å². The lowest BCUT2D eigenvalue weighted by molar-refractivity contribution is -0.135. The predicted octanol–water partition coefficient (Wildman–Crippen LogP) is -1.50. The first-order valence-corrected chi connectivity index (χ1v) is 5.20. The second-order valence-electron chi connectivity index (χ2n) is 3.49. The van der Waals surface area contributed by atoms with Crippen molar-refractivity contribution >= 4 is 11.9 Å². The van der Waals surface area contributed by atoms with Crippen LogP contribution in [0.3, 0.4) is 0 Å². The average Bonchev–Trinajstić information content (AvgIpc) is 2.34. The first-order valence-electron chi connectivity index (χ1n) is 5.20. The second-order valence-corrected chi connectivity index (χ2v) is 3.49. The molecular weight excluding hydrogens is 224 g/mol. The van der Waals surface area contributed by atoms with Gasteiger partial charge in [-0.15, -0.1) is 0 Å². The number of carbonyl (C=O) groups excluding carboxylic acids is 1. The van der Waals surface area contributed by atoms with Gasteiger partial charge in [0.25, 0.3) is 5.91 Å². The van der Waals surface area contributed by atoms with Crippen LogP contribution >= 0.6 is 0 Å². The van der Waals surface area contributed by atoms with Gasteiger partial charge >= 0.3 is 5.97 Å². The number of aliphatic carboxylic acids is 1. The minimum Gasteiger partial charge on any atom is -0.480 e. The van der Waals surface area contributed by atoms with E-state index in [-0.39, 0.29) is 18.0 Å². The first kappa shape index (κ1) is 13.0. The second kappa shape index (κ2) is 6.50. The Kier molecular flexibility index (Phi) is 4.97. The van der Waals surface area contributed by atoms with Crippen LogP contribution in [0.5, 0.6) is 0 Å². The highest BCUT2D eigenvalue weighted by Crippen LogP contribution is 2.01. The predicted molar refractivity (Wildman–Crippen MR) is 58.8 cm³/mol. The quantitative estimate of drug-likeness (QED) is 0.406. The van der Waals surface area contributed by atoms with Crippen molar-refractivity contribution in [1.82, 2.24) is 15.5 Å². The zero-order chi connectivity index (χ0) is 12.7. The molecule has 0 atom stereocenters. The minimum atomic E-state index is -1.05. The molecular formula is C10H14N4O3. The summed E-state index contributed by atoms with van der Waals surface area (Å²) in [6, 6.07) is 1.77. The summed E-state index contributed by atoms with van der Waals surface area (Å²) >= 11 is 0. The molecule has 1 aliphatic heterocycles. The molecule has 7 heteroatoms. The zero-order valence-corrected chi connectivity index (χ0v) is 9.27. The number of carbonyl (C=O) groups is 2. The summed E-state index contributed by atoms with van der Waals surface area (Å²) in [5, 5.41) is 22.7. The molecule has 1 heterocycles. The molecule has 3 N–H and O–H groups in total. The molecule has 0 saturated carbocycles. The van der Waals surface area contributed by atoms with Crippen molar-refractivity contribution in [3.8, 4) is 6.07 Å². The zero-order valence-electron chi connectivity index (χ0n) is 9.27. The third-order valence-electron chi connectivity index (χ3n) is 2.25. The maximum absolute atomic E-state index is 11.8. The molecule has 0 unspecified atom stereocenters. The number of nitrogens with one attached hydrogen (secondary N) is 2. The molecule has 0 aromatic rings. The Hall–Kier alpha value is -2.07. The van der Waals surface area contributed by atoms with Crippen molar-refractivity contribution < 1.29 is 14.7 Å². The van der Waals surface area contributed by atoms with E-state index in [4.69, 9.17) is 10.4 Å². The average molecular weight is 238 g/mol. The molecule has 0 aromatic heterocycles. The number of hydrogen-bond donors (Lipinski definition) is 3. The van der Waals surface area contributed by atoms with E-state index in [0.717, 1.165) is 6.20 Å². The molecule has 0 radical (unpaired) electrons. The molecule has 0 bridgehead atoms. The van der Waals surface area contributed by atoms with Crippen LogP contribution in [0.15, 0.2) is 11.8 Å². The van der Waals surface area contributed by atoms with Gasteiger partial charge < -0.3 is 20.6 Å². The van der Waals surface area contributed by atoms with Crippen molar-refractivity contribution in [2.24, 2.45) is 0 Å². The van der Waals surface area contributed by atoms with E-state index in [1.54, 1.807) is 11.0 Å². The van der Waals surface area contributed by atoms with Crippen LogP contribution in [-0.2, 0) is 9.59 Å². The summed E-state index contributed by atoms with van der Waals surface area (Å²) in [5.41, 5.74) is -0.0758. The van der Waals surface area contributed by atoms with E-state index in [9.17, 15) is 9.59 Å². The lowest BCUT2D eigenvalue weighted by Crippen LogP contribution is -2.47. The number of hydrogen-bond acceptors (Lipinski definition) is 5.